The number of hydrogen-bond donors (Lipinski definition) is 3. The Morgan fingerprint density at radius 1 is 1.25 bits per heavy atom. The third kappa shape index (κ3) is 3.84. The highest BCUT2D eigenvalue weighted by molar-refractivity contribution is 5.99. The normalized spacial score (nSPS) is 15.6. The van der Waals surface area contributed by atoms with Crippen LogP contribution in [0.3, 0.4) is 0 Å². The van der Waals surface area contributed by atoms with Gasteiger partial charge in [0.1, 0.15) is 11.3 Å². The topological polar surface area (TPSA) is 111 Å². The summed E-state index contributed by atoms with van der Waals surface area (Å²) in [5, 5.41) is 5.36. The van der Waals surface area contributed by atoms with Gasteiger partial charge in [0.2, 0.25) is 5.91 Å². The first kappa shape index (κ1) is 17.8. The van der Waals surface area contributed by atoms with Crippen molar-refractivity contribution in [2.24, 2.45) is 5.73 Å². The van der Waals surface area contributed by atoms with Gasteiger partial charge in [0.05, 0.1) is 12.3 Å². The molecule has 7 heteroatoms. The first-order chi connectivity index (χ1) is 11.4. The Hall–Kier alpha value is -2.57. The van der Waals surface area contributed by atoms with Crippen LogP contribution in [0.1, 0.15) is 49.9 Å². The van der Waals surface area contributed by atoms with E-state index in [0.29, 0.717) is 36.4 Å². The molecule has 1 aromatic rings. The quantitative estimate of drug-likeness (QED) is 0.693. The number of amides is 3. The third-order valence-corrected chi connectivity index (χ3v) is 4.22. The number of rotatable bonds is 6. The molecular formula is C17H23N3O4. The highest BCUT2D eigenvalue weighted by atomic mass is 16.5. The summed E-state index contributed by atoms with van der Waals surface area (Å²) >= 11 is 0. The lowest BCUT2D eigenvalue weighted by Crippen LogP contribution is -2.56. The number of benzene rings is 1. The summed E-state index contributed by atoms with van der Waals surface area (Å²) in [6.07, 6.45) is 2.74. The first-order valence-electron chi connectivity index (χ1n) is 8.05. The highest BCUT2D eigenvalue weighted by Gasteiger charge is 2.41. The number of anilines is 1. The number of primary amides is 1. The minimum atomic E-state index is -1.01. The Kier molecular flexibility index (Phi) is 5.43. The molecule has 7 nitrogen and oxygen atoms in total. The summed E-state index contributed by atoms with van der Waals surface area (Å²) in [7, 11) is 0. The van der Waals surface area contributed by atoms with Gasteiger partial charge in [0.15, 0.2) is 5.78 Å². The van der Waals surface area contributed by atoms with E-state index in [1.807, 2.05) is 6.92 Å². The van der Waals surface area contributed by atoms with E-state index in [1.54, 1.807) is 18.2 Å². The van der Waals surface area contributed by atoms with E-state index in [-0.39, 0.29) is 5.78 Å². The van der Waals surface area contributed by atoms with Crippen molar-refractivity contribution in [1.29, 1.82) is 0 Å². The van der Waals surface area contributed by atoms with Crippen molar-refractivity contribution in [3.8, 4) is 5.75 Å². The molecule has 1 aliphatic carbocycles. The zero-order chi connectivity index (χ0) is 17.7. The molecule has 4 N–H and O–H groups in total. The van der Waals surface area contributed by atoms with Crippen LogP contribution in [-0.4, -0.2) is 29.9 Å². The van der Waals surface area contributed by atoms with Gasteiger partial charge in [-0.05, 0) is 44.9 Å². The lowest BCUT2D eigenvalue weighted by atomic mass is 9.97. The minimum absolute atomic E-state index is 0.120. The van der Waals surface area contributed by atoms with E-state index in [4.69, 9.17) is 10.5 Å². The van der Waals surface area contributed by atoms with E-state index in [2.05, 4.69) is 10.6 Å². The summed E-state index contributed by atoms with van der Waals surface area (Å²) in [6.45, 7) is 3.68. The Labute approximate surface area is 140 Å². The zero-order valence-electron chi connectivity index (χ0n) is 14.0. The second-order valence-electron chi connectivity index (χ2n) is 5.93. The Morgan fingerprint density at radius 2 is 1.92 bits per heavy atom. The molecule has 1 fully saturated rings. The zero-order valence-corrected chi connectivity index (χ0v) is 14.0. The number of carbonyl (C=O) groups excluding carboxylic acids is 3. The average Bonchev–Trinajstić information content (AvgIpc) is 2.98. The predicted molar refractivity (Wildman–Crippen MR) is 90.2 cm³/mol. The molecule has 0 saturated heterocycles. The molecule has 1 saturated carbocycles. The number of nitrogens with two attached hydrogens (primary N) is 1. The standard InChI is InChI=1S/C17H23N3O4/c1-3-24-14-7-6-12(11(2)21)10-13(14)19-16(23)20-17(15(18)22)8-4-5-9-17/h6-7,10H,3-5,8-9H2,1-2H3,(H2,18,22)(H2,19,20,23). The molecular weight excluding hydrogens is 310 g/mol. The molecule has 3 amide bonds. The van der Waals surface area contributed by atoms with Gasteiger partial charge in [-0.25, -0.2) is 4.79 Å². The highest BCUT2D eigenvalue weighted by Crippen LogP contribution is 2.30. The molecule has 24 heavy (non-hydrogen) atoms. The number of carbonyl (C=O) groups is 3. The fourth-order valence-electron chi connectivity index (χ4n) is 2.91. The van der Waals surface area contributed by atoms with Gasteiger partial charge < -0.3 is 21.1 Å². The Bertz CT molecular complexity index is 651. The lowest BCUT2D eigenvalue weighted by Gasteiger charge is -2.26. The van der Waals surface area contributed by atoms with Crippen LogP contribution in [0.5, 0.6) is 5.75 Å². The molecule has 0 aliphatic heterocycles. The molecule has 0 heterocycles. The molecule has 0 aromatic heterocycles. The summed E-state index contributed by atoms with van der Waals surface area (Å²) < 4.78 is 5.47. The van der Waals surface area contributed by atoms with E-state index in [1.165, 1.54) is 6.92 Å². The van der Waals surface area contributed by atoms with Crippen LogP contribution in [0, 0.1) is 0 Å². The van der Waals surface area contributed by atoms with E-state index in [0.717, 1.165) is 12.8 Å². The van der Waals surface area contributed by atoms with Crippen molar-refractivity contribution in [1.82, 2.24) is 5.32 Å². The van der Waals surface area contributed by atoms with Crippen LogP contribution >= 0.6 is 0 Å². The Morgan fingerprint density at radius 3 is 2.46 bits per heavy atom. The van der Waals surface area contributed by atoms with Crippen molar-refractivity contribution < 1.29 is 19.1 Å². The Balaban J connectivity index is 2.19. The van der Waals surface area contributed by atoms with Crippen LogP contribution in [0.15, 0.2) is 18.2 Å². The van der Waals surface area contributed by atoms with Crippen LogP contribution < -0.4 is 21.1 Å². The lowest BCUT2D eigenvalue weighted by molar-refractivity contribution is -0.123. The number of hydrogen-bond acceptors (Lipinski definition) is 4. The van der Waals surface area contributed by atoms with E-state index >= 15 is 0 Å². The van der Waals surface area contributed by atoms with Crippen molar-refractivity contribution >= 4 is 23.4 Å². The van der Waals surface area contributed by atoms with Gasteiger partial charge in [0.25, 0.3) is 0 Å². The SMILES string of the molecule is CCOc1ccc(C(C)=O)cc1NC(=O)NC1(C(N)=O)CCCC1. The van der Waals surface area contributed by atoms with Crippen molar-refractivity contribution in [2.45, 2.75) is 45.1 Å². The van der Waals surface area contributed by atoms with Gasteiger partial charge in [-0.2, -0.15) is 0 Å². The van der Waals surface area contributed by atoms with Crippen molar-refractivity contribution in [3.05, 3.63) is 23.8 Å². The second-order valence-corrected chi connectivity index (χ2v) is 5.93. The summed E-state index contributed by atoms with van der Waals surface area (Å²) in [5.41, 5.74) is 5.29. The van der Waals surface area contributed by atoms with Gasteiger partial charge in [0, 0.05) is 5.56 Å². The average molecular weight is 333 g/mol. The van der Waals surface area contributed by atoms with Gasteiger partial charge >= 0.3 is 6.03 Å². The number of Topliss-reactive ketones (excluding diaryl/α,β-unsaturated/α-hetero) is 1. The summed E-state index contributed by atoms with van der Waals surface area (Å²) in [4.78, 5) is 35.6. The van der Waals surface area contributed by atoms with Crippen LogP contribution in [0.25, 0.3) is 0 Å². The minimum Gasteiger partial charge on any atom is -0.492 e. The van der Waals surface area contributed by atoms with Crippen LogP contribution in [-0.2, 0) is 4.79 Å². The van der Waals surface area contributed by atoms with Crippen LogP contribution in [0.2, 0.25) is 0 Å². The van der Waals surface area contributed by atoms with Gasteiger partial charge in [-0.3, -0.25) is 9.59 Å². The maximum atomic E-state index is 12.3. The summed E-state index contributed by atoms with van der Waals surface area (Å²) in [5.74, 6) is -0.194. The second kappa shape index (κ2) is 7.33. The monoisotopic (exact) mass is 333 g/mol. The molecule has 2 rings (SSSR count). The molecule has 1 aromatic carbocycles. The van der Waals surface area contributed by atoms with E-state index < -0.39 is 17.5 Å². The number of ether oxygens (including phenoxy) is 1. The van der Waals surface area contributed by atoms with Gasteiger partial charge in [-0.1, -0.05) is 12.8 Å². The largest absolute Gasteiger partial charge is 0.492 e. The molecule has 0 bridgehead atoms. The smallest absolute Gasteiger partial charge is 0.320 e. The van der Waals surface area contributed by atoms with Crippen molar-refractivity contribution in [3.63, 3.8) is 0 Å². The maximum Gasteiger partial charge on any atom is 0.320 e. The summed E-state index contributed by atoms with van der Waals surface area (Å²) in [6, 6.07) is 4.28. The fraction of sp³-hybridized carbons (Fsp3) is 0.471. The van der Waals surface area contributed by atoms with Crippen LogP contribution in [0.4, 0.5) is 10.5 Å². The molecule has 0 radical (unpaired) electrons. The molecule has 0 spiro atoms. The number of ketones is 1. The number of urea groups is 1. The maximum absolute atomic E-state index is 12.3. The molecule has 0 unspecified atom stereocenters. The molecule has 0 atom stereocenters. The molecule has 130 valence electrons. The third-order valence-electron chi connectivity index (χ3n) is 4.22. The first-order valence-corrected chi connectivity index (χ1v) is 8.05. The van der Waals surface area contributed by atoms with E-state index in [9.17, 15) is 14.4 Å². The number of nitrogens with one attached hydrogen (secondary N) is 2. The predicted octanol–water partition coefficient (Wildman–Crippen LogP) is 2.21. The fourth-order valence-corrected chi connectivity index (χ4v) is 2.91. The molecule has 1 aliphatic rings. The van der Waals surface area contributed by atoms with Gasteiger partial charge in [-0.15, -0.1) is 0 Å². The van der Waals surface area contributed by atoms with Crippen molar-refractivity contribution in [2.75, 3.05) is 11.9 Å².